The fourth-order valence-electron chi connectivity index (χ4n) is 2.10. The number of piperidine rings is 1. The standard InChI is InChI=1S/C11H20N2O/c1-5-10-11(14)9(8(2)3)6-7-13(10)12-4/h5,8-9,11,14H,4,6-7H2,1-3H3/b10-5-. The van der Waals surface area contributed by atoms with E-state index in [1.54, 1.807) is 5.01 Å². The molecule has 1 aliphatic heterocycles. The minimum atomic E-state index is -0.390. The molecule has 0 bridgehead atoms. The molecule has 1 N–H and O–H groups in total. The predicted octanol–water partition coefficient (Wildman–Crippen LogP) is 1.84. The molecular weight excluding hydrogens is 176 g/mol. The first kappa shape index (κ1) is 11.2. The van der Waals surface area contributed by atoms with E-state index in [0.717, 1.165) is 18.7 Å². The zero-order valence-corrected chi connectivity index (χ0v) is 9.27. The summed E-state index contributed by atoms with van der Waals surface area (Å²) >= 11 is 0. The van der Waals surface area contributed by atoms with Crippen LogP contribution in [0.3, 0.4) is 0 Å². The second-order valence-electron chi connectivity index (χ2n) is 4.12. The van der Waals surface area contributed by atoms with E-state index in [1.165, 1.54) is 0 Å². The Morgan fingerprint density at radius 1 is 1.64 bits per heavy atom. The lowest BCUT2D eigenvalue weighted by Gasteiger charge is -2.38. The molecule has 2 atom stereocenters. The van der Waals surface area contributed by atoms with Gasteiger partial charge in [0.2, 0.25) is 0 Å². The van der Waals surface area contributed by atoms with Crippen molar-refractivity contribution in [3.05, 3.63) is 11.8 Å². The minimum absolute atomic E-state index is 0.346. The number of nitrogens with zero attached hydrogens (tertiary/aromatic N) is 2. The molecule has 1 aliphatic rings. The molecule has 0 radical (unpaired) electrons. The summed E-state index contributed by atoms with van der Waals surface area (Å²) in [5, 5.41) is 15.8. The average Bonchev–Trinajstić information content (AvgIpc) is 2.16. The van der Waals surface area contributed by atoms with Crippen LogP contribution in [0, 0.1) is 11.8 Å². The Morgan fingerprint density at radius 3 is 2.71 bits per heavy atom. The number of allylic oxidation sites excluding steroid dienone is 1. The Balaban J connectivity index is 2.82. The Labute approximate surface area is 86.1 Å². The monoisotopic (exact) mass is 196 g/mol. The second kappa shape index (κ2) is 4.60. The van der Waals surface area contributed by atoms with Crippen LogP contribution in [0.15, 0.2) is 16.9 Å². The highest BCUT2D eigenvalue weighted by molar-refractivity contribution is 5.24. The highest BCUT2D eigenvalue weighted by Crippen LogP contribution is 2.31. The van der Waals surface area contributed by atoms with E-state index >= 15 is 0 Å². The molecule has 0 aliphatic carbocycles. The fourth-order valence-corrected chi connectivity index (χ4v) is 2.10. The number of hydrazone groups is 1. The largest absolute Gasteiger partial charge is 0.387 e. The highest BCUT2D eigenvalue weighted by atomic mass is 16.3. The minimum Gasteiger partial charge on any atom is -0.387 e. The van der Waals surface area contributed by atoms with Crippen LogP contribution in [0.25, 0.3) is 0 Å². The summed E-state index contributed by atoms with van der Waals surface area (Å²) in [5.74, 6) is 0.853. The van der Waals surface area contributed by atoms with Crippen LogP contribution in [0.2, 0.25) is 0 Å². The van der Waals surface area contributed by atoms with Crippen molar-refractivity contribution in [2.75, 3.05) is 6.54 Å². The smallest absolute Gasteiger partial charge is 0.0983 e. The van der Waals surface area contributed by atoms with Crippen LogP contribution < -0.4 is 0 Å². The van der Waals surface area contributed by atoms with Crippen molar-refractivity contribution in [2.45, 2.75) is 33.3 Å². The van der Waals surface area contributed by atoms with Gasteiger partial charge in [-0.2, -0.15) is 5.10 Å². The van der Waals surface area contributed by atoms with Gasteiger partial charge in [-0.3, -0.25) is 5.01 Å². The van der Waals surface area contributed by atoms with Crippen molar-refractivity contribution in [1.29, 1.82) is 0 Å². The first-order valence-corrected chi connectivity index (χ1v) is 5.20. The van der Waals surface area contributed by atoms with Gasteiger partial charge in [0, 0.05) is 13.3 Å². The summed E-state index contributed by atoms with van der Waals surface area (Å²) in [6.07, 6.45) is 2.52. The summed E-state index contributed by atoms with van der Waals surface area (Å²) in [4.78, 5) is 0. The van der Waals surface area contributed by atoms with E-state index in [4.69, 9.17) is 0 Å². The molecule has 1 rings (SSSR count). The molecular formula is C11H20N2O. The molecule has 0 saturated carbocycles. The number of aliphatic hydroxyl groups is 1. The average molecular weight is 196 g/mol. The zero-order valence-electron chi connectivity index (χ0n) is 9.27. The molecule has 0 aromatic heterocycles. The van der Waals surface area contributed by atoms with Gasteiger partial charge in [0.1, 0.15) is 0 Å². The van der Waals surface area contributed by atoms with Crippen molar-refractivity contribution < 1.29 is 5.11 Å². The fraction of sp³-hybridized carbons (Fsp3) is 0.727. The highest BCUT2D eigenvalue weighted by Gasteiger charge is 2.32. The Bertz CT molecular complexity index is 235. The molecule has 0 aromatic carbocycles. The lowest BCUT2D eigenvalue weighted by Crippen LogP contribution is -2.41. The van der Waals surface area contributed by atoms with Crippen LogP contribution in [-0.2, 0) is 0 Å². The van der Waals surface area contributed by atoms with E-state index in [1.807, 2.05) is 13.0 Å². The van der Waals surface area contributed by atoms with Crippen LogP contribution in [0.5, 0.6) is 0 Å². The summed E-state index contributed by atoms with van der Waals surface area (Å²) in [7, 11) is 0. The van der Waals surface area contributed by atoms with E-state index in [0.29, 0.717) is 11.8 Å². The lowest BCUT2D eigenvalue weighted by atomic mass is 9.83. The van der Waals surface area contributed by atoms with E-state index < -0.39 is 0 Å². The van der Waals surface area contributed by atoms with Gasteiger partial charge in [-0.05, 0) is 25.2 Å². The predicted molar refractivity (Wildman–Crippen MR) is 59.0 cm³/mol. The maximum Gasteiger partial charge on any atom is 0.0983 e. The molecule has 1 fully saturated rings. The third-order valence-corrected chi connectivity index (χ3v) is 3.00. The van der Waals surface area contributed by atoms with Crippen LogP contribution >= 0.6 is 0 Å². The van der Waals surface area contributed by atoms with Gasteiger partial charge in [0.25, 0.3) is 0 Å². The van der Waals surface area contributed by atoms with Gasteiger partial charge in [-0.25, -0.2) is 0 Å². The summed E-state index contributed by atoms with van der Waals surface area (Å²) < 4.78 is 0. The number of aliphatic hydroxyl groups excluding tert-OH is 1. The molecule has 0 amide bonds. The molecule has 1 heterocycles. The molecule has 2 unspecified atom stereocenters. The quantitative estimate of drug-likeness (QED) is 0.684. The molecule has 3 heteroatoms. The van der Waals surface area contributed by atoms with Crippen LogP contribution in [0.4, 0.5) is 0 Å². The first-order chi connectivity index (χ1) is 6.61. The van der Waals surface area contributed by atoms with Crippen molar-refractivity contribution >= 4 is 6.72 Å². The Kier molecular flexibility index (Phi) is 3.69. The summed E-state index contributed by atoms with van der Waals surface area (Å²) in [6.45, 7) is 10.6. The lowest BCUT2D eigenvalue weighted by molar-refractivity contribution is 0.0436. The van der Waals surface area contributed by atoms with Gasteiger partial charge in [0.15, 0.2) is 0 Å². The Hall–Kier alpha value is -0.830. The van der Waals surface area contributed by atoms with Crippen molar-refractivity contribution in [3.63, 3.8) is 0 Å². The summed E-state index contributed by atoms with van der Waals surface area (Å²) in [6, 6.07) is 0. The molecule has 3 nitrogen and oxygen atoms in total. The van der Waals surface area contributed by atoms with Crippen molar-refractivity contribution in [1.82, 2.24) is 5.01 Å². The van der Waals surface area contributed by atoms with Gasteiger partial charge in [0.05, 0.1) is 11.8 Å². The van der Waals surface area contributed by atoms with Crippen molar-refractivity contribution in [2.24, 2.45) is 16.9 Å². The maximum atomic E-state index is 10.1. The molecule has 0 aromatic rings. The summed E-state index contributed by atoms with van der Waals surface area (Å²) in [5.41, 5.74) is 0.893. The van der Waals surface area contributed by atoms with E-state index in [2.05, 4.69) is 25.7 Å². The third-order valence-electron chi connectivity index (χ3n) is 3.00. The van der Waals surface area contributed by atoms with Gasteiger partial charge < -0.3 is 5.11 Å². The topological polar surface area (TPSA) is 35.8 Å². The third kappa shape index (κ3) is 1.98. The maximum absolute atomic E-state index is 10.1. The Morgan fingerprint density at radius 2 is 2.29 bits per heavy atom. The molecule has 1 saturated heterocycles. The normalized spacial score (nSPS) is 31.2. The molecule has 0 spiro atoms. The van der Waals surface area contributed by atoms with Gasteiger partial charge in [-0.1, -0.05) is 19.9 Å². The number of hydrogen-bond acceptors (Lipinski definition) is 3. The van der Waals surface area contributed by atoms with Crippen LogP contribution in [-0.4, -0.2) is 29.5 Å². The van der Waals surface area contributed by atoms with E-state index in [9.17, 15) is 5.11 Å². The van der Waals surface area contributed by atoms with E-state index in [-0.39, 0.29) is 6.10 Å². The number of hydrogen-bond donors (Lipinski definition) is 1. The first-order valence-electron chi connectivity index (χ1n) is 5.20. The number of rotatable bonds is 2. The van der Waals surface area contributed by atoms with Crippen molar-refractivity contribution in [3.8, 4) is 0 Å². The van der Waals surface area contributed by atoms with Crippen LogP contribution in [0.1, 0.15) is 27.2 Å². The van der Waals surface area contributed by atoms with Gasteiger partial charge in [-0.15, -0.1) is 0 Å². The SMILES string of the molecule is C=NN1CCC(C(C)C)C(O)/C1=C/C. The molecule has 14 heavy (non-hydrogen) atoms. The molecule has 80 valence electrons. The van der Waals surface area contributed by atoms with Gasteiger partial charge >= 0.3 is 0 Å². The second-order valence-corrected chi connectivity index (χ2v) is 4.12. The zero-order chi connectivity index (χ0) is 10.7.